The van der Waals surface area contributed by atoms with Crippen molar-refractivity contribution < 1.29 is 5.11 Å². The molecule has 2 rings (SSSR count). The van der Waals surface area contributed by atoms with Gasteiger partial charge in [-0.25, -0.2) is 0 Å². The first kappa shape index (κ1) is 12.8. The quantitative estimate of drug-likeness (QED) is 0.856. The smallest absolute Gasteiger partial charge is 0.133 e. The van der Waals surface area contributed by atoms with E-state index in [9.17, 15) is 5.11 Å². The number of aromatic nitrogens is 2. The lowest BCUT2D eigenvalue weighted by molar-refractivity contribution is 0.473. The Labute approximate surface area is 109 Å². The molecule has 2 heterocycles. The zero-order chi connectivity index (χ0) is 13.0. The zero-order valence-corrected chi connectivity index (χ0v) is 11.7. The number of rotatable bonds is 4. The van der Waals surface area contributed by atoms with Gasteiger partial charge in [-0.3, -0.25) is 9.97 Å². The van der Waals surface area contributed by atoms with Gasteiger partial charge in [0.2, 0.25) is 0 Å². The van der Waals surface area contributed by atoms with E-state index in [4.69, 9.17) is 0 Å². The minimum absolute atomic E-state index is 0.245. The fraction of sp³-hybridized carbons (Fsp3) is 0.286. The van der Waals surface area contributed by atoms with Crippen LogP contribution in [0.1, 0.15) is 13.8 Å². The molecule has 0 unspecified atom stereocenters. The molecule has 0 aromatic carbocycles. The predicted molar refractivity (Wildman–Crippen MR) is 75.5 cm³/mol. The van der Waals surface area contributed by atoms with E-state index in [1.807, 2.05) is 24.3 Å². The number of pyridine rings is 2. The summed E-state index contributed by atoms with van der Waals surface area (Å²) >= 11 is 0. The van der Waals surface area contributed by atoms with Crippen molar-refractivity contribution in [3.63, 3.8) is 0 Å². The maximum atomic E-state index is 9.66. The van der Waals surface area contributed by atoms with Gasteiger partial charge in [0.05, 0.1) is 26.4 Å². The van der Waals surface area contributed by atoms with Gasteiger partial charge in [0, 0.05) is 6.20 Å². The van der Waals surface area contributed by atoms with Crippen LogP contribution in [0, 0.1) is 0 Å². The Morgan fingerprint density at radius 2 is 1.94 bits per heavy atom. The Morgan fingerprint density at radius 1 is 1.17 bits per heavy atom. The summed E-state index contributed by atoms with van der Waals surface area (Å²) in [4.78, 5) is 8.74. The molecule has 0 spiro atoms. The Hall–Kier alpha value is -1.68. The van der Waals surface area contributed by atoms with E-state index in [1.165, 1.54) is 11.4 Å². The summed E-state index contributed by atoms with van der Waals surface area (Å²) in [5.74, 6) is 0.245. The molecule has 1 N–H and O–H groups in total. The predicted octanol–water partition coefficient (Wildman–Crippen LogP) is 2.59. The lowest BCUT2D eigenvalue weighted by Gasteiger charge is -2.15. The van der Waals surface area contributed by atoms with Crippen LogP contribution in [0.5, 0.6) is 5.75 Å². The molecule has 0 saturated heterocycles. The van der Waals surface area contributed by atoms with E-state index in [0.29, 0.717) is 0 Å². The van der Waals surface area contributed by atoms with Crippen molar-refractivity contribution >= 4 is 14.0 Å². The van der Waals surface area contributed by atoms with Gasteiger partial charge in [0.25, 0.3) is 0 Å². The highest BCUT2D eigenvalue weighted by atomic mass is 28.3. The first-order valence-electron chi connectivity index (χ1n) is 6.21. The van der Waals surface area contributed by atoms with Crippen molar-refractivity contribution in [2.24, 2.45) is 0 Å². The molecule has 93 valence electrons. The van der Waals surface area contributed by atoms with Crippen LogP contribution in [0.3, 0.4) is 0 Å². The molecule has 0 atom stereocenters. The second-order valence-electron chi connectivity index (χ2n) is 4.12. The summed E-state index contributed by atoms with van der Waals surface area (Å²) < 4.78 is 0. The summed E-state index contributed by atoms with van der Waals surface area (Å²) in [6.07, 6.45) is 3.27. The van der Waals surface area contributed by atoms with Crippen molar-refractivity contribution in [1.29, 1.82) is 0 Å². The van der Waals surface area contributed by atoms with Crippen LogP contribution in [-0.4, -0.2) is 23.9 Å². The van der Waals surface area contributed by atoms with Gasteiger partial charge < -0.3 is 5.11 Å². The van der Waals surface area contributed by atoms with Gasteiger partial charge in [-0.2, -0.15) is 0 Å². The molecule has 4 heteroatoms. The third-order valence-corrected chi connectivity index (χ3v) is 5.87. The fourth-order valence-corrected chi connectivity index (χ4v) is 4.20. The van der Waals surface area contributed by atoms with E-state index in [0.717, 1.165) is 23.5 Å². The maximum absolute atomic E-state index is 9.66. The Kier molecular flexibility index (Phi) is 4.10. The largest absolute Gasteiger partial charge is 0.506 e. The second kappa shape index (κ2) is 5.77. The van der Waals surface area contributed by atoms with Crippen molar-refractivity contribution in [1.82, 2.24) is 9.97 Å². The average molecular weight is 257 g/mol. The monoisotopic (exact) mass is 257 g/mol. The number of nitrogens with zero attached hydrogens (tertiary/aromatic N) is 2. The normalized spacial score (nSPS) is 10.8. The second-order valence-corrected chi connectivity index (χ2v) is 7.28. The first-order chi connectivity index (χ1) is 8.76. The third-order valence-electron chi connectivity index (χ3n) is 3.02. The minimum atomic E-state index is -0.662. The van der Waals surface area contributed by atoms with E-state index >= 15 is 0 Å². The summed E-state index contributed by atoms with van der Waals surface area (Å²) in [5, 5.41) is 10.8. The van der Waals surface area contributed by atoms with Crippen LogP contribution in [0.2, 0.25) is 12.1 Å². The molecule has 2 aromatic heterocycles. The zero-order valence-electron chi connectivity index (χ0n) is 10.7. The van der Waals surface area contributed by atoms with Gasteiger partial charge in [-0.05, 0) is 23.4 Å². The maximum Gasteiger partial charge on any atom is 0.133 e. The van der Waals surface area contributed by atoms with Crippen LogP contribution >= 0.6 is 0 Å². The molecule has 0 bridgehead atoms. The molecule has 0 aliphatic rings. The van der Waals surface area contributed by atoms with Gasteiger partial charge in [0.15, 0.2) is 0 Å². The highest BCUT2D eigenvalue weighted by molar-refractivity contribution is 6.74. The Morgan fingerprint density at radius 3 is 2.56 bits per heavy atom. The van der Waals surface area contributed by atoms with Crippen molar-refractivity contribution in [3.05, 3.63) is 36.7 Å². The molecule has 3 nitrogen and oxygen atoms in total. The molecule has 2 aromatic rings. The van der Waals surface area contributed by atoms with Crippen molar-refractivity contribution in [2.45, 2.75) is 25.9 Å². The average Bonchev–Trinajstić information content (AvgIpc) is 2.41. The van der Waals surface area contributed by atoms with Crippen LogP contribution in [-0.2, 0) is 0 Å². The van der Waals surface area contributed by atoms with Crippen LogP contribution in [0.25, 0.3) is 11.4 Å². The summed E-state index contributed by atoms with van der Waals surface area (Å²) in [6, 6.07) is 9.95. The van der Waals surface area contributed by atoms with Crippen LogP contribution < -0.4 is 5.19 Å². The van der Waals surface area contributed by atoms with E-state index in [1.54, 1.807) is 6.20 Å². The standard InChI is InChI=1S/C14H17N2OSi/c1-3-18(4-2)13-9-11(17)10-16-14(13)12-7-5-6-8-15-12/h5-10,17H,3-4H2,1-2H3. The molecule has 1 radical (unpaired) electrons. The fourth-order valence-electron chi connectivity index (χ4n) is 2.06. The molecule has 0 saturated carbocycles. The number of hydrogen-bond donors (Lipinski definition) is 1. The molecular weight excluding hydrogens is 240 g/mol. The van der Waals surface area contributed by atoms with Crippen LogP contribution in [0.15, 0.2) is 36.7 Å². The van der Waals surface area contributed by atoms with E-state index < -0.39 is 8.80 Å². The molecular formula is C14H17N2OSi. The minimum Gasteiger partial charge on any atom is -0.506 e. The van der Waals surface area contributed by atoms with Gasteiger partial charge in [0.1, 0.15) is 5.75 Å². The highest BCUT2D eigenvalue weighted by Gasteiger charge is 2.17. The van der Waals surface area contributed by atoms with E-state index in [-0.39, 0.29) is 5.75 Å². The van der Waals surface area contributed by atoms with Crippen molar-refractivity contribution in [2.75, 3.05) is 0 Å². The molecule has 0 fully saturated rings. The summed E-state index contributed by atoms with van der Waals surface area (Å²) in [6.45, 7) is 4.40. The van der Waals surface area contributed by atoms with Gasteiger partial charge >= 0.3 is 0 Å². The topological polar surface area (TPSA) is 46.0 Å². The lowest BCUT2D eigenvalue weighted by Crippen LogP contribution is -2.30. The Bertz CT molecular complexity index is 512. The van der Waals surface area contributed by atoms with Crippen LogP contribution in [0.4, 0.5) is 0 Å². The number of hydrogen-bond acceptors (Lipinski definition) is 3. The van der Waals surface area contributed by atoms with Gasteiger partial charge in [-0.1, -0.05) is 32.0 Å². The summed E-state index contributed by atoms with van der Waals surface area (Å²) in [5.41, 5.74) is 1.81. The van der Waals surface area contributed by atoms with Crippen molar-refractivity contribution in [3.8, 4) is 17.1 Å². The molecule has 0 aliphatic carbocycles. The van der Waals surface area contributed by atoms with E-state index in [2.05, 4.69) is 23.8 Å². The Balaban J connectivity index is 2.53. The SMILES string of the molecule is CC[Si](CC)c1cc(O)cnc1-c1ccccn1. The van der Waals surface area contributed by atoms with Gasteiger partial charge in [-0.15, -0.1) is 0 Å². The summed E-state index contributed by atoms with van der Waals surface area (Å²) in [7, 11) is -0.662. The molecule has 0 aliphatic heterocycles. The highest BCUT2D eigenvalue weighted by Crippen LogP contribution is 2.17. The first-order valence-corrected chi connectivity index (χ1v) is 8.13. The molecule has 0 amide bonds. The number of aromatic hydroxyl groups is 1. The lowest BCUT2D eigenvalue weighted by atomic mass is 10.2. The third kappa shape index (κ3) is 2.59. The molecule has 18 heavy (non-hydrogen) atoms.